The molecule has 0 amide bonds. The Morgan fingerprint density at radius 3 is 1.79 bits per heavy atom. The minimum absolute atomic E-state index is 0.218. The highest BCUT2D eigenvalue weighted by Crippen LogP contribution is 2.29. The van der Waals surface area contributed by atoms with Gasteiger partial charge in [0, 0.05) is 6.07 Å². The van der Waals surface area contributed by atoms with E-state index < -0.39 is 16.6 Å². The number of phenols is 1. The highest BCUT2D eigenvalue weighted by atomic mass is 16.6. The Labute approximate surface area is 168 Å². The third-order valence-corrected chi connectivity index (χ3v) is 5.16. The highest BCUT2D eigenvalue weighted by molar-refractivity contribution is 5.93. The zero-order chi connectivity index (χ0) is 20.8. The molecule has 6 heteroatoms. The van der Waals surface area contributed by atoms with Crippen molar-refractivity contribution in [3.05, 3.63) is 33.4 Å². The quantitative estimate of drug-likeness (QED) is 0.186. The zero-order valence-electron chi connectivity index (χ0n) is 17.1. The Hall–Kier alpha value is -2.11. The number of hydrogen-bond acceptors (Lipinski definition) is 4. The monoisotopic (exact) mass is 393 g/mol. The number of non-ortho nitro benzene ring substituents is 1. The van der Waals surface area contributed by atoms with E-state index in [1.54, 1.807) is 0 Å². The van der Waals surface area contributed by atoms with E-state index in [1.807, 2.05) is 0 Å². The maximum atomic E-state index is 11.3. The van der Waals surface area contributed by atoms with Crippen LogP contribution in [0, 0.1) is 10.1 Å². The molecule has 1 aromatic carbocycles. The molecule has 0 unspecified atom stereocenters. The Morgan fingerprint density at radius 1 is 0.893 bits per heavy atom. The summed E-state index contributed by atoms with van der Waals surface area (Å²) < 4.78 is 0. The molecule has 0 aliphatic carbocycles. The fourth-order valence-corrected chi connectivity index (χ4v) is 3.55. The number of nitro groups is 1. The van der Waals surface area contributed by atoms with E-state index in [1.165, 1.54) is 70.3 Å². The summed E-state index contributed by atoms with van der Waals surface area (Å²) in [5.41, 5.74) is -0.154. The summed E-state index contributed by atoms with van der Waals surface area (Å²) in [5, 5.41) is 30.0. The van der Waals surface area contributed by atoms with Crippen molar-refractivity contribution in [2.75, 3.05) is 0 Å². The fraction of sp³-hybridized carbons (Fsp3) is 0.682. The molecule has 1 rings (SSSR count). The number of carboxylic acid groups (broad SMARTS) is 1. The number of aromatic hydroxyl groups is 1. The van der Waals surface area contributed by atoms with Crippen LogP contribution in [0.15, 0.2) is 12.1 Å². The Kier molecular flexibility index (Phi) is 11.9. The van der Waals surface area contributed by atoms with Gasteiger partial charge in [-0.25, -0.2) is 4.79 Å². The van der Waals surface area contributed by atoms with Gasteiger partial charge >= 0.3 is 5.97 Å². The lowest BCUT2D eigenvalue weighted by Crippen LogP contribution is -2.04. The lowest BCUT2D eigenvalue weighted by Gasteiger charge is -2.08. The summed E-state index contributed by atoms with van der Waals surface area (Å²) in [6, 6.07) is 2.17. The molecule has 0 bridgehead atoms. The first-order chi connectivity index (χ1) is 13.5. The molecule has 0 heterocycles. The predicted molar refractivity (Wildman–Crippen MR) is 111 cm³/mol. The molecule has 0 atom stereocenters. The summed E-state index contributed by atoms with van der Waals surface area (Å²) in [5.74, 6) is -1.79. The van der Waals surface area contributed by atoms with Crippen molar-refractivity contribution in [2.45, 2.75) is 96.8 Å². The number of nitro benzene ring substituents is 1. The molecule has 0 saturated carbocycles. The standard InChI is InChI=1S/C22H35NO5/c1-2-3-4-5-6-7-8-9-10-11-12-13-14-15-18-16-19(23(27)28)17-20(24)21(18)22(25)26/h16-17,24H,2-15H2,1H3,(H,25,26). The van der Waals surface area contributed by atoms with Crippen LogP contribution in [0.25, 0.3) is 0 Å². The number of carboxylic acids is 1. The lowest BCUT2D eigenvalue weighted by atomic mass is 9.98. The average Bonchev–Trinajstić information content (AvgIpc) is 2.64. The van der Waals surface area contributed by atoms with Gasteiger partial charge in [-0.3, -0.25) is 10.1 Å². The predicted octanol–water partition coefficient (Wildman–Crippen LogP) is 6.63. The van der Waals surface area contributed by atoms with E-state index in [2.05, 4.69) is 6.92 Å². The smallest absolute Gasteiger partial charge is 0.339 e. The van der Waals surface area contributed by atoms with Gasteiger partial charge in [0.2, 0.25) is 0 Å². The number of carbonyl (C=O) groups is 1. The van der Waals surface area contributed by atoms with Crippen molar-refractivity contribution in [3.8, 4) is 5.75 Å². The molecule has 0 aliphatic heterocycles. The second kappa shape index (κ2) is 14.0. The van der Waals surface area contributed by atoms with Crippen LogP contribution in [0.2, 0.25) is 0 Å². The van der Waals surface area contributed by atoms with Gasteiger partial charge in [0.1, 0.15) is 11.3 Å². The first-order valence-electron chi connectivity index (χ1n) is 10.7. The molecular formula is C22H35NO5. The van der Waals surface area contributed by atoms with Crippen molar-refractivity contribution in [2.24, 2.45) is 0 Å². The van der Waals surface area contributed by atoms with Gasteiger partial charge in [0.15, 0.2) is 0 Å². The normalized spacial score (nSPS) is 10.9. The number of unbranched alkanes of at least 4 members (excludes halogenated alkanes) is 12. The van der Waals surface area contributed by atoms with E-state index in [0.717, 1.165) is 25.3 Å². The van der Waals surface area contributed by atoms with Crippen LogP contribution in [-0.2, 0) is 6.42 Å². The average molecular weight is 394 g/mol. The van der Waals surface area contributed by atoms with Gasteiger partial charge in [-0.1, -0.05) is 84.0 Å². The van der Waals surface area contributed by atoms with Crippen molar-refractivity contribution in [1.29, 1.82) is 0 Å². The third-order valence-electron chi connectivity index (χ3n) is 5.16. The first-order valence-corrected chi connectivity index (χ1v) is 10.7. The number of benzene rings is 1. The third kappa shape index (κ3) is 9.20. The van der Waals surface area contributed by atoms with Crippen LogP contribution in [-0.4, -0.2) is 21.1 Å². The largest absolute Gasteiger partial charge is 0.507 e. The topological polar surface area (TPSA) is 101 Å². The van der Waals surface area contributed by atoms with Crippen LogP contribution in [0.5, 0.6) is 5.75 Å². The van der Waals surface area contributed by atoms with E-state index in [-0.39, 0.29) is 11.3 Å². The number of aryl methyl sites for hydroxylation is 1. The molecule has 6 nitrogen and oxygen atoms in total. The molecule has 0 aliphatic rings. The molecule has 0 saturated heterocycles. The zero-order valence-corrected chi connectivity index (χ0v) is 17.1. The first kappa shape index (κ1) is 23.9. The molecule has 2 N–H and O–H groups in total. The van der Waals surface area contributed by atoms with E-state index >= 15 is 0 Å². The van der Waals surface area contributed by atoms with Gasteiger partial charge in [-0.05, 0) is 18.4 Å². The molecule has 0 radical (unpaired) electrons. The van der Waals surface area contributed by atoms with Crippen molar-refractivity contribution in [3.63, 3.8) is 0 Å². The summed E-state index contributed by atoms with van der Waals surface area (Å²) >= 11 is 0. The maximum absolute atomic E-state index is 11.3. The Bertz CT molecular complexity index is 615. The fourth-order valence-electron chi connectivity index (χ4n) is 3.55. The minimum Gasteiger partial charge on any atom is -0.507 e. The van der Waals surface area contributed by atoms with Crippen LogP contribution < -0.4 is 0 Å². The lowest BCUT2D eigenvalue weighted by molar-refractivity contribution is -0.385. The van der Waals surface area contributed by atoms with E-state index in [0.29, 0.717) is 12.0 Å². The van der Waals surface area contributed by atoms with Gasteiger partial charge in [0.25, 0.3) is 5.69 Å². The molecule has 158 valence electrons. The number of hydrogen-bond donors (Lipinski definition) is 2. The Morgan fingerprint density at radius 2 is 1.36 bits per heavy atom. The molecule has 0 spiro atoms. The summed E-state index contributed by atoms with van der Waals surface area (Å²) in [6.45, 7) is 2.23. The molecular weight excluding hydrogens is 358 g/mol. The SMILES string of the molecule is CCCCCCCCCCCCCCCc1cc([N+](=O)[O-])cc(O)c1C(=O)O. The van der Waals surface area contributed by atoms with Crippen molar-refractivity contribution < 1.29 is 19.9 Å². The van der Waals surface area contributed by atoms with Crippen LogP contribution in [0.4, 0.5) is 5.69 Å². The van der Waals surface area contributed by atoms with Gasteiger partial charge in [0.05, 0.1) is 11.0 Å². The van der Waals surface area contributed by atoms with Gasteiger partial charge in [-0.2, -0.15) is 0 Å². The number of nitrogens with zero attached hydrogens (tertiary/aromatic N) is 1. The van der Waals surface area contributed by atoms with E-state index in [9.17, 15) is 25.1 Å². The molecule has 1 aromatic rings. The van der Waals surface area contributed by atoms with Gasteiger partial charge in [-0.15, -0.1) is 0 Å². The molecule has 0 fully saturated rings. The molecule has 0 aromatic heterocycles. The maximum Gasteiger partial charge on any atom is 0.339 e. The van der Waals surface area contributed by atoms with E-state index in [4.69, 9.17) is 0 Å². The second-order valence-corrected chi connectivity index (χ2v) is 7.55. The van der Waals surface area contributed by atoms with Gasteiger partial charge < -0.3 is 10.2 Å². The van der Waals surface area contributed by atoms with Crippen LogP contribution in [0.3, 0.4) is 0 Å². The molecule has 28 heavy (non-hydrogen) atoms. The highest BCUT2D eigenvalue weighted by Gasteiger charge is 2.20. The van der Waals surface area contributed by atoms with Crippen molar-refractivity contribution >= 4 is 11.7 Å². The summed E-state index contributed by atoms with van der Waals surface area (Å²) in [6.07, 6.45) is 16.3. The summed E-state index contributed by atoms with van der Waals surface area (Å²) in [7, 11) is 0. The van der Waals surface area contributed by atoms with Crippen molar-refractivity contribution in [1.82, 2.24) is 0 Å². The Balaban J connectivity index is 2.22. The summed E-state index contributed by atoms with van der Waals surface area (Å²) in [4.78, 5) is 21.6. The number of rotatable bonds is 16. The van der Waals surface area contributed by atoms with Crippen LogP contribution >= 0.6 is 0 Å². The second-order valence-electron chi connectivity index (χ2n) is 7.55. The number of aromatic carboxylic acids is 1. The minimum atomic E-state index is -1.25. The van der Waals surface area contributed by atoms with Crippen LogP contribution in [0.1, 0.15) is 106 Å².